The summed E-state index contributed by atoms with van der Waals surface area (Å²) in [5, 5.41) is 2.54. The molecule has 2 aromatic carbocycles. The van der Waals surface area contributed by atoms with E-state index < -0.39 is 21.7 Å². The molecular weight excluding hydrogens is 387 g/mol. The van der Waals surface area contributed by atoms with Gasteiger partial charge in [0.25, 0.3) is 5.91 Å². The summed E-state index contributed by atoms with van der Waals surface area (Å²) in [4.78, 5) is 12.1. The summed E-state index contributed by atoms with van der Waals surface area (Å²) in [7, 11) is -3.58. The Bertz CT molecular complexity index is 941. The van der Waals surface area contributed by atoms with Gasteiger partial charge in [-0.3, -0.25) is 4.79 Å². The van der Waals surface area contributed by atoms with E-state index in [4.69, 9.17) is 9.47 Å². The smallest absolute Gasteiger partial charge is 0.262 e. The number of halogens is 1. The predicted octanol–water partition coefficient (Wildman–Crippen LogP) is 2.17. The Morgan fingerprint density at radius 2 is 1.86 bits per heavy atom. The molecule has 0 bridgehead atoms. The molecule has 7 nitrogen and oxygen atoms in total. The van der Waals surface area contributed by atoms with Crippen LogP contribution in [-0.2, 0) is 19.6 Å². The first-order chi connectivity index (χ1) is 13.4. The number of carbonyl (C=O) groups is 1. The van der Waals surface area contributed by atoms with Crippen molar-refractivity contribution in [3.63, 3.8) is 0 Å². The van der Waals surface area contributed by atoms with Gasteiger partial charge in [-0.25, -0.2) is 12.8 Å². The van der Waals surface area contributed by atoms with Crippen LogP contribution in [-0.4, -0.2) is 51.5 Å². The van der Waals surface area contributed by atoms with Crippen molar-refractivity contribution >= 4 is 21.6 Å². The van der Waals surface area contributed by atoms with E-state index >= 15 is 0 Å². The van der Waals surface area contributed by atoms with Crippen LogP contribution >= 0.6 is 0 Å². The van der Waals surface area contributed by atoms with Gasteiger partial charge in [-0.05, 0) is 48.9 Å². The number of aryl methyl sites for hydroxylation is 1. The number of benzene rings is 2. The Labute approximate surface area is 163 Å². The molecule has 1 fully saturated rings. The number of carbonyl (C=O) groups excluding carboxylic acids is 1. The lowest BCUT2D eigenvalue weighted by Gasteiger charge is -2.26. The third kappa shape index (κ3) is 4.86. The first-order valence-corrected chi connectivity index (χ1v) is 10.2. The van der Waals surface area contributed by atoms with Crippen LogP contribution in [0.5, 0.6) is 5.75 Å². The second-order valence-corrected chi connectivity index (χ2v) is 8.23. The largest absolute Gasteiger partial charge is 0.484 e. The van der Waals surface area contributed by atoms with Crippen molar-refractivity contribution in [2.45, 2.75) is 11.8 Å². The van der Waals surface area contributed by atoms with Crippen LogP contribution in [0, 0.1) is 12.7 Å². The van der Waals surface area contributed by atoms with Gasteiger partial charge < -0.3 is 14.8 Å². The molecule has 0 spiro atoms. The highest BCUT2D eigenvalue weighted by atomic mass is 32.2. The molecule has 3 rings (SSSR count). The number of hydrogen-bond acceptors (Lipinski definition) is 5. The van der Waals surface area contributed by atoms with Gasteiger partial charge in [0.15, 0.2) is 6.61 Å². The second kappa shape index (κ2) is 8.68. The lowest BCUT2D eigenvalue weighted by molar-refractivity contribution is -0.118. The quantitative estimate of drug-likeness (QED) is 0.792. The minimum Gasteiger partial charge on any atom is -0.484 e. The summed E-state index contributed by atoms with van der Waals surface area (Å²) in [5.41, 5.74) is 0.824. The fraction of sp³-hybridized carbons (Fsp3) is 0.316. The average Bonchev–Trinajstić information content (AvgIpc) is 2.70. The van der Waals surface area contributed by atoms with Gasteiger partial charge in [0, 0.05) is 18.8 Å². The Morgan fingerprint density at radius 3 is 2.50 bits per heavy atom. The van der Waals surface area contributed by atoms with Crippen LogP contribution in [0.25, 0.3) is 0 Å². The van der Waals surface area contributed by atoms with Crippen molar-refractivity contribution in [2.75, 3.05) is 38.2 Å². The van der Waals surface area contributed by atoms with Crippen molar-refractivity contribution < 1.29 is 27.1 Å². The summed E-state index contributed by atoms with van der Waals surface area (Å²) in [5.74, 6) is -0.504. The maximum Gasteiger partial charge on any atom is 0.262 e. The van der Waals surface area contributed by atoms with Crippen molar-refractivity contribution in [1.82, 2.24) is 4.31 Å². The summed E-state index contributed by atoms with van der Waals surface area (Å²) in [6.45, 7) is 2.74. The van der Waals surface area contributed by atoms with Gasteiger partial charge in [0.2, 0.25) is 10.0 Å². The van der Waals surface area contributed by atoms with E-state index in [0.29, 0.717) is 43.3 Å². The molecule has 0 radical (unpaired) electrons. The van der Waals surface area contributed by atoms with E-state index in [1.807, 2.05) is 0 Å². The van der Waals surface area contributed by atoms with Gasteiger partial charge >= 0.3 is 0 Å². The van der Waals surface area contributed by atoms with Crippen molar-refractivity contribution in [2.24, 2.45) is 0 Å². The van der Waals surface area contributed by atoms with Crippen LogP contribution in [0.2, 0.25) is 0 Å². The maximum atomic E-state index is 13.5. The standard InChI is InChI=1S/C19H21FN2O5S/c1-14-2-3-15(12-18(14)20)21-19(23)13-27-16-4-6-17(7-5-16)28(24,25)22-8-10-26-11-9-22/h2-7,12H,8-11,13H2,1H3,(H,21,23). The van der Waals surface area contributed by atoms with Crippen molar-refractivity contribution in [3.05, 3.63) is 53.8 Å². The van der Waals surface area contributed by atoms with E-state index in [0.717, 1.165) is 0 Å². The van der Waals surface area contributed by atoms with Gasteiger partial charge in [-0.1, -0.05) is 6.07 Å². The van der Waals surface area contributed by atoms with Crippen LogP contribution in [0.4, 0.5) is 10.1 Å². The zero-order chi connectivity index (χ0) is 20.1. The van der Waals surface area contributed by atoms with E-state index in [2.05, 4.69) is 5.32 Å². The van der Waals surface area contributed by atoms with E-state index in [1.54, 1.807) is 19.1 Å². The number of anilines is 1. The summed E-state index contributed by atoms with van der Waals surface area (Å²) < 4.78 is 50.5. The predicted molar refractivity (Wildman–Crippen MR) is 101 cm³/mol. The molecule has 9 heteroatoms. The zero-order valence-electron chi connectivity index (χ0n) is 15.4. The number of nitrogens with one attached hydrogen (secondary N) is 1. The van der Waals surface area contributed by atoms with Gasteiger partial charge in [-0.2, -0.15) is 4.31 Å². The molecule has 0 unspecified atom stereocenters. The third-order valence-corrected chi connectivity index (χ3v) is 6.17. The highest BCUT2D eigenvalue weighted by Crippen LogP contribution is 2.20. The summed E-state index contributed by atoms with van der Waals surface area (Å²) in [6, 6.07) is 10.3. The molecule has 1 amide bonds. The number of amides is 1. The van der Waals surface area contributed by atoms with E-state index in [-0.39, 0.29) is 11.5 Å². The van der Waals surface area contributed by atoms with Gasteiger partial charge in [0.05, 0.1) is 18.1 Å². The molecule has 0 aromatic heterocycles. The lowest BCUT2D eigenvalue weighted by atomic mass is 10.2. The molecule has 150 valence electrons. The first-order valence-electron chi connectivity index (χ1n) is 8.73. The van der Waals surface area contributed by atoms with Crippen LogP contribution in [0.3, 0.4) is 0 Å². The number of rotatable bonds is 6. The molecule has 28 heavy (non-hydrogen) atoms. The average molecular weight is 408 g/mol. The highest BCUT2D eigenvalue weighted by molar-refractivity contribution is 7.89. The monoisotopic (exact) mass is 408 g/mol. The fourth-order valence-electron chi connectivity index (χ4n) is 2.66. The van der Waals surface area contributed by atoms with Crippen LogP contribution in [0.1, 0.15) is 5.56 Å². The second-order valence-electron chi connectivity index (χ2n) is 6.29. The highest BCUT2D eigenvalue weighted by Gasteiger charge is 2.26. The molecule has 1 aliphatic heterocycles. The Hall–Kier alpha value is -2.49. The maximum absolute atomic E-state index is 13.5. The lowest BCUT2D eigenvalue weighted by Crippen LogP contribution is -2.40. The Balaban J connectivity index is 1.56. The van der Waals surface area contributed by atoms with Gasteiger partial charge in [0.1, 0.15) is 11.6 Å². The molecule has 2 aromatic rings. The molecule has 1 heterocycles. The van der Waals surface area contributed by atoms with Gasteiger partial charge in [-0.15, -0.1) is 0 Å². The number of sulfonamides is 1. The number of nitrogens with zero attached hydrogens (tertiary/aromatic N) is 1. The van der Waals surface area contributed by atoms with Crippen molar-refractivity contribution in [3.8, 4) is 5.75 Å². The minimum atomic E-state index is -3.58. The third-order valence-electron chi connectivity index (χ3n) is 4.26. The Kier molecular flexibility index (Phi) is 6.28. The molecule has 1 aliphatic rings. The summed E-state index contributed by atoms with van der Waals surface area (Å²) in [6.07, 6.45) is 0. The number of ether oxygens (including phenoxy) is 2. The normalized spacial score (nSPS) is 15.2. The van der Waals surface area contributed by atoms with E-state index in [1.165, 1.54) is 34.6 Å². The summed E-state index contributed by atoms with van der Waals surface area (Å²) >= 11 is 0. The minimum absolute atomic E-state index is 0.154. The molecule has 0 saturated carbocycles. The molecule has 1 N–H and O–H groups in total. The van der Waals surface area contributed by atoms with E-state index in [9.17, 15) is 17.6 Å². The SMILES string of the molecule is Cc1ccc(NC(=O)COc2ccc(S(=O)(=O)N3CCOCC3)cc2)cc1F. The topological polar surface area (TPSA) is 84.9 Å². The zero-order valence-corrected chi connectivity index (χ0v) is 16.2. The van der Waals surface area contributed by atoms with Crippen LogP contribution in [0.15, 0.2) is 47.4 Å². The van der Waals surface area contributed by atoms with Crippen LogP contribution < -0.4 is 10.1 Å². The molecule has 0 aliphatic carbocycles. The first kappa shape index (κ1) is 20.2. The Morgan fingerprint density at radius 1 is 1.18 bits per heavy atom. The number of morpholine rings is 1. The number of hydrogen-bond donors (Lipinski definition) is 1. The molecule has 0 atom stereocenters. The molecular formula is C19H21FN2O5S. The van der Waals surface area contributed by atoms with Crippen molar-refractivity contribution in [1.29, 1.82) is 0 Å². The molecule has 1 saturated heterocycles. The fourth-order valence-corrected chi connectivity index (χ4v) is 4.07.